The van der Waals surface area contributed by atoms with Crippen molar-refractivity contribution in [3.63, 3.8) is 0 Å². The number of fused-ring (bicyclic) bond motifs is 1. The predicted molar refractivity (Wildman–Crippen MR) is 92.6 cm³/mol. The molecule has 3 rings (SSSR count). The maximum atomic E-state index is 7.62. The van der Waals surface area contributed by atoms with Crippen LogP contribution in [0, 0.1) is 5.41 Å². The van der Waals surface area contributed by atoms with Crippen LogP contribution in [-0.4, -0.2) is 31.4 Å². The highest BCUT2D eigenvalue weighted by Gasteiger charge is 2.25. The lowest BCUT2D eigenvalue weighted by atomic mass is 9.93. The fraction of sp³-hybridized carbons (Fsp3) is 0.389. The minimum atomic E-state index is 0.328. The Morgan fingerprint density at radius 3 is 3.00 bits per heavy atom. The number of benzene rings is 1. The van der Waals surface area contributed by atoms with E-state index in [1.54, 1.807) is 0 Å². The first kappa shape index (κ1) is 14.7. The van der Waals surface area contributed by atoms with Gasteiger partial charge in [0.25, 0.3) is 0 Å². The summed E-state index contributed by atoms with van der Waals surface area (Å²) in [7, 11) is 1.88. The second-order valence-electron chi connectivity index (χ2n) is 5.75. The molecule has 0 amide bonds. The molecule has 22 heavy (non-hydrogen) atoms. The molecule has 0 spiro atoms. The number of rotatable bonds is 5. The van der Waals surface area contributed by atoms with Crippen LogP contribution in [0.4, 0.5) is 0 Å². The summed E-state index contributed by atoms with van der Waals surface area (Å²) in [6.07, 6.45) is 6.48. The van der Waals surface area contributed by atoms with E-state index in [9.17, 15) is 0 Å². The van der Waals surface area contributed by atoms with Crippen LogP contribution in [0.5, 0.6) is 0 Å². The lowest BCUT2D eigenvalue weighted by Gasteiger charge is -2.13. The van der Waals surface area contributed by atoms with E-state index in [-0.39, 0.29) is 0 Å². The molecule has 2 N–H and O–H groups in total. The van der Waals surface area contributed by atoms with E-state index in [1.165, 1.54) is 17.3 Å². The predicted octanol–water partition coefficient (Wildman–Crippen LogP) is 3.08. The van der Waals surface area contributed by atoms with Gasteiger partial charge in [-0.05, 0) is 42.0 Å². The minimum absolute atomic E-state index is 0.328. The van der Waals surface area contributed by atoms with Gasteiger partial charge in [0.15, 0.2) is 5.84 Å². The zero-order valence-electron chi connectivity index (χ0n) is 13.2. The first-order valence-corrected chi connectivity index (χ1v) is 7.88. The second-order valence-corrected chi connectivity index (χ2v) is 5.75. The highest BCUT2D eigenvalue weighted by atomic mass is 15.0. The zero-order valence-corrected chi connectivity index (χ0v) is 13.2. The lowest BCUT2D eigenvalue weighted by Crippen LogP contribution is -2.05. The van der Waals surface area contributed by atoms with Crippen molar-refractivity contribution < 1.29 is 0 Å². The Bertz CT molecular complexity index is 682. The lowest BCUT2D eigenvalue weighted by molar-refractivity contribution is 0.789. The molecule has 0 aromatic heterocycles. The fourth-order valence-corrected chi connectivity index (χ4v) is 3.25. The minimum Gasteiger partial charge on any atom is -0.394 e. The van der Waals surface area contributed by atoms with Crippen LogP contribution in [0.15, 0.2) is 40.0 Å². The van der Waals surface area contributed by atoms with E-state index in [2.05, 4.69) is 40.4 Å². The molecule has 0 fully saturated rings. The maximum absolute atomic E-state index is 7.62. The standard InChI is InChI=1S/C18H22N4/c1-3-15-11-21-18(22-15)13-5-7-16-12(8-13)4-6-17(16)14(9-19)10-20-2/h5,7-10,17,19-20H,3-4,6,11H2,1-2H3/b14-10+,19-9?. The Morgan fingerprint density at radius 1 is 1.45 bits per heavy atom. The van der Waals surface area contributed by atoms with E-state index >= 15 is 0 Å². The third-order valence-electron chi connectivity index (χ3n) is 4.44. The molecule has 1 aliphatic carbocycles. The Hall–Kier alpha value is -2.23. The molecule has 0 saturated heterocycles. The summed E-state index contributed by atoms with van der Waals surface area (Å²) in [4.78, 5) is 9.15. The summed E-state index contributed by atoms with van der Waals surface area (Å²) in [5, 5.41) is 10.7. The van der Waals surface area contributed by atoms with Crippen molar-refractivity contribution >= 4 is 17.8 Å². The summed E-state index contributed by atoms with van der Waals surface area (Å²) in [6, 6.07) is 6.55. The number of aliphatic imine (C=N–C) groups is 2. The molecule has 0 radical (unpaired) electrons. The van der Waals surface area contributed by atoms with Gasteiger partial charge in [0.05, 0.1) is 6.54 Å². The SMILES string of the molecule is CCC1=NC(c2ccc3c(c2)CCC3/C(C=N)=C/NC)=NC1. The third-order valence-corrected chi connectivity index (χ3v) is 4.44. The summed E-state index contributed by atoms with van der Waals surface area (Å²) in [6.45, 7) is 2.87. The number of aryl methyl sites for hydroxylation is 1. The topological polar surface area (TPSA) is 60.6 Å². The van der Waals surface area contributed by atoms with Gasteiger partial charge in [-0.2, -0.15) is 0 Å². The number of allylic oxidation sites excluding steroid dienone is 1. The molecule has 1 aromatic rings. The van der Waals surface area contributed by atoms with E-state index in [0.717, 1.165) is 48.5 Å². The van der Waals surface area contributed by atoms with E-state index in [1.807, 2.05) is 13.2 Å². The Morgan fingerprint density at radius 2 is 2.32 bits per heavy atom. The van der Waals surface area contributed by atoms with E-state index in [4.69, 9.17) is 5.41 Å². The first-order valence-electron chi connectivity index (χ1n) is 7.88. The van der Waals surface area contributed by atoms with E-state index in [0.29, 0.717) is 5.92 Å². The van der Waals surface area contributed by atoms with Crippen molar-refractivity contribution in [1.29, 1.82) is 5.41 Å². The molecule has 1 heterocycles. The molecular weight excluding hydrogens is 272 g/mol. The molecule has 0 saturated carbocycles. The average molecular weight is 294 g/mol. The van der Waals surface area contributed by atoms with Crippen molar-refractivity contribution in [1.82, 2.24) is 5.32 Å². The zero-order chi connectivity index (χ0) is 15.5. The molecule has 114 valence electrons. The van der Waals surface area contributed by atoms with E-state index < -0.39 is 0 Å². The van der Waals surface area contributed by atoms with Crippen molar-refractivity contribution in [2.24, 2.45) is 9.98 Å². The van der Waals surface area contributed by atoms with Gasteiger partial charge in [0.2, 0.25) is 0 Å². The van der Waals surface area contributed by atoms with Crippen molar-refractivity contribution in [2.45, 2.75) is 32.1 Å². The van der Waals surface area contributed by atoms with Crippen LogP contribution < -0.4 is 5.32 Å². The third kappa shape index (κ3) is 2.61. The number of hydrogen-bond donors (Lipinski definition) is 2. The monoisotopic (exact) mass is 294 g/mol. The molecule has 1 atom stereocenters. The summed E-state index contributed by atoms with van der Waals surface area (Å²) < 4.78 is 0. The van der Waals surface area contributed by atoms with Gasteiger partial charge in [0, 0.05) is 36.7 Å². The molecule has 0 bridgehead atoms. The molecular formula is C18H22N4. The van der Waals surface area contributed by atoms with Gasteiger partial charge in [-0.25, -0.2) is 4.99 Å². The van der Waals surface area contributed by atoms with Crippen LogP contribution in [-0.2, 0) is 6.42 Å². The maximum Gasteiger partial charge on any atom is 0.154 e. The van der Waals surface area contributed by atoms with Gasteiger partial charge in [-0.3, -0.25) is 4.99 Å². The average Bonchev–Trinajstić information content (AvgIpc) is 3.18. The Balaban J connectivity index is 1.89. The fourth-order valence-electron chi connectivity index (χ4n) is 3.25. The van der Waals surface area contributed by atoms with Crippen LogP contribution in [0.1, 0.15) is 42.4 Å². The van der Waals surface area contributed by atoms with Crippen LogP contribution >= 0.6 is 0 Å². The van der Waals surface area contributed by atoms with Gasteiger partial charge < -0.3 is 10.7 Å². The quantitative estimate of drug-likeness (QED) is 0.805. The Kier molecular flexibility index (Phi) is 4.18. The normalized spacial score (nSPS) is 20.5. The van der Waals surface area contributed by atoms with Gasteiger partial charge in [0.1, 0.15) is 0 Å². The summed E-state index contributed by atoms with van der Waals surface area (Å²) >= 11 is 0. The highest BCUT2D eigenvalue weighted by Crippen LogP contribution is 2.38. The molecule has 4 nitrogen and oxygen atoms in total. The van der Waals surface area contributed by atoms with Crippen molar-refractivity contribution in [3.05, 3.63) is 46.7 Å². The number of amidine groups is 1. The largest absolute Gasteiger partial charge is 0.394 e. The second kappa shape index (κ2) is 6.26. The number of hydrogen-bond acceptors (Lipinski definition) is 4. The van der Waals surface area contributed by atoms with Gasteiger partial charge in [-0.15, -0.1) is 0 Å². The molecule has 4 heteroatoms. The van der Waals surface area contributed by atoms with Crippen LogP contribution in [0.2, 0.25) is 0 Å². The van der Waals surface area contributed by atoms with Crippen molar-refractivity contribution in [3.8, 4) is 0 Å². The van der Waals surface area contributed by atoms with Crippen LogP contribution in [0.3, 0.4) is 0 Å². The smallest absolute Gasteiger partial charge is 0.154 e. The molecule has 1 unspecified atom stereocenters. The number of nitrogens with zero attached hydrogens (tertiary/aromatic N) is 2. The molecule has 1 aliphatic heterocycles. The van der Waals surface area contributed by atoms with Gasteiger partial charge in [-0.1, -0.05) is 19.1 Å². The molecule has 1 aromatic carbocycles. The first-order chi connectivity index (χ1) is 10.8. The van der Waals surface area contributed by atoms with Crippen molar-refractivity contribution in [2.75, 3.05) is 13.6 Å². The van der Waals surface area contributed by atoms with Crippen LogP contribution in [0.25, 0.3) is 0 Å². The summed E-state index contributed by atoms with van der Waals surface area (Å²) in [5.74, 6) is 1.20. The highest BCUT2D eigenvalue weighted by molar-refractivity contribution is 6.11. The molecule has 2 aliphatic rings. The number of nitrogens with one attached hydrogen (secondary N) is 2. The summed E-state index contributed by atoms with van der Waals surface area (Å²) in [5.41, 5.74) is 6.04. The Labute approximate surface area is 131 Å². The van der Waals surface area contributed by atoms with Gasteiger partial charge >= 0.3 is 0 Å².